The van der Waals surface area contributed by atoms with Gasteiger partial charge < -0.3 is 20.6 Å². The summed E-state index contributed by atoms with van der Waals surface area (Å²) >= 11 is 0. The molecule has 0 aromatic carbocycles. The second kappa shape index (κ2) is 6.89. The van der Waals surface area contributed by atoms with Gasteiger partial charge in [-0.2, -0.15) is 4.98 Å². The number of aliphatic hydroxyl groups is 1. The standard InChI is InChI=1S/C17H21FN6O/c18-14-7-13(8-20-15(14)4-6-25)22-17-19-5-3-16(23-17)24-9-11-1-2-12(10-24)21-11/h3,5,7-8,11-12,21,25H,1-2,4,6,9-10H2,(H,19,22,23)/t11-,12+. The quantitative estimate of drug-likeness (QED) is 0.752. The Hall–Kier alpha value is -2.32. The summed E-state index contributed by atoms with van der Waals surface area (Å²) in [6, 6.07) is 4.31. The maximum atomic E-state index is 13.9. The van der Waals surface area contributed by atoms with Gasteiger partial charge in [0, 0.05) is 50.5 Å². The number of pyridine rings is 1. The Morgan fingerprint density at radius 1 is 1.28 bits per heavy atom. The lowest BCUT2D eigenvalue weighted by molar-refractivity contribution is 0.296. The SMILES string of the molecule is OCCc1ncc(Nc2nccc(N3C[C@H]4CC[C@@H](C3)N4)n2)cc1F. The van der Waals surface area contributed by atoms with Crippen LogP contribution in [0.3, 0.4) is 0 Å². The Labute approximate surface area is 145 Å². The Bertz CT molecular complexity index is 746. The van der Waals surface area contributed by atoms with Crippen molar-refractivity contribution in [1.29, 1.82) is 0 Å². The van der Waals surface area contributed by atoms with E-state index in [0.717, 1.165) is 18.9 Å². The summed E-state index contributed by atoms with van der Waals surface area (Å²) in [5.41, 5.74) is 0.732. The lowest BCUT2D eigenvalue weighted by Gasteiger charge is -2.33. The number of anilines is 3. The first kappa shape index (κ1) is 16.2. The lowest BCUT2D eigenvalue weighted by atomic mass is 10.2. The molecule has 0 amide bonds. The number of halogens is 1. The molecule has 0 radical (unpaired) electrons. The maximum Gasteiger partial charge on any atom is 0.229 e. The highest BCUT2D eigenvalue weighted by atomic mass is 19.1. The van der Waals surface area contributed by atoms with Gasteiger partial charge in [-0.15, -0.1) is 0 Å². The van der Waals surface area contributed by atoms with Gasteiger partial charge in [-0.1, -0.05) is 0 Å². The first-order valence-corrected chi connectivity index (χ1v) is 8.57. The average molecular weight is 344 g/mol. The van der Waals surface area contributed by atoms with Gasteiger partial charge in [0.1, 0.15) is 11.6 Å². The van der Waals surface area contributed by atoms with Crippen LogP contribution in [0.25, 0.3) is 0 Å². The van der Waals surface area contributed by atoms with Crippen LogP contribution in [0.5, 0.6) is 0 Å². The van der Waals surface area contributed by atoms with Crippen LogP contribution in [0, 0.1) is 5.82 Å². The Morgan fingerprint density at radius 3 is 2.80 bits per heavy atom. The van der Waals surface area contributed by atoms with E-state index in [0.29, 0.717) is 23.7 Å². The van der Waals surface area contributed by atoms with Crippen LogP contribution < -0.4 is 15.5 Å². The topological polar surface area (TPSA) is 86.2 Å². The molecule has 0 unspecified atom stereocenters. The third kappa shape index (κ3) is 3.54. The minimum Gasteiger partial charge on any atom is -0.396 e. The molecule has 3 N–H and O–H groups in total. The number of fused-ring (bicyclic) bond motifs is 2. The molecule has 2 aliphatic rings. The van der Waals surface area contributed by atoms with E-state index in [1.54, 1.807) is 6.20 Å². The number of piperazine rings is 1. The molecule has 0 saturated carbocycles. The van der Waals surface area contributed by atoms with E-state index in [9.17, 15) is 4.39 Å². The van der Waals surface area contributed by atoms with Crippen LogP contribution in [-0.2, 0) is 6.42 Å². The van der Waals surface area contributed by atoms with Gasteiger partial charge in [-0.05, 0) is 18.9 Å². The lowest BCUT2D eigenvalue weighted by Crippen LogP contribution is -2.51. The Morgan fingerprint density at radius 2 is 2.08 bits per heavy atom. The van der Waals surface area contributed by atoms with Gasteiger partial charge in [0.2, 0.25) is 5.95 Å². The van der Waals surface area contributed by atoms with E-state index in [2.05, 4.69) is 30.5 Å². The monoisotopic (exact) mass is 344 g/mol. The second-order valence-corrected chi connectivity index (χ2v) is 6.53. The van der Waals surface area contributed by atoms with Crippen molar-refractivity contribution in [1.82, 2.24) is 20.3 Å². The Kier molecular flexibility index (Phi) is 4.46. The van der Waals surface area contributed by atoms with Gasteiger partial charge >= 0.3 is 0 Å². The van der Waals surface area contributed by atoms with E-state index in [-0.39, 0.29) is 18.7 Å². The summed E-state index contributed by atoms with van der Waals surface area (Å²) < 4.78 is 13.9. The van der Waals surface area contributed by atoms with Crippen LogP contribution >= 0.6 is 0 Å². The molecule has 4 rings (SSSR count). The Balaban J connectivity index is 1.49. The molecular weight excluding hydrogens is 323 g/mol. The van der Waals surface area contributed by atoms with Crippen molar-refractivity contribution in [3.05, 3.63) is 36.0 Å². The first-order valence-electron chi connectivity index (χ1n) is 8.57. The molecule has 2 atom stereocenters. The number of rotatable bonds is 5. The van der Waals surface area contributed by atoms with Crippen molar-refractivity contribution in [2.75, 3.05) is 29.9 Å². The minimum atomic E-state index is -0.450. The zero-order chi connectivity index (χ0) is 17.2. The van der Waals surface area contributed by atoms with Gasteiger partial charge in [0.15, 0.2) is 0 Å². The summed E-state index contributed by atoms with van der Waals surface area (Å²) in [5.74, 6) is 0.842. The summed E-state index contributed by atoms with van der Waals surface area (Å²) in [5, 5.41) is 15.5. The number of aliphatic hydroxyl groups excluding tert-OH is 1. The largest absolute Gasteiger partial charge is 0.396 e. The first-order chi connectivity index (χ1) is 12.2. The average Bonchev–Trinajstić information content (AvgIpc) is 2.96. The summed E-state index contributed by atoms with van der Waals surface area (Å²) in [6.45, 7) is 1.76. The number of hydrogen-bond donors (Lipinski definition) is 3. The highest BCUT2D eigenvalue weighted by Crippen LogP contribution is 2.25. The predicted molar refractivity (Wildman–Crippen MR) is 92.5 cm³/mol. The molecule has 2 saturated heterocycles. The number of aromatic nitrogens is 3. The highest BCUT2D eigenvalue weighted by Gasteiger charge is 2.32. The predicted octanol–water partition coefficient (Wildman–Crippen LogP) is 1.23. The van der Waals surface area contributed by atoms with Crippen molar-refractivity contribution in [3.63, 3.8) is 0 Å². The normalized spacial score (nSPS) is 22.2. The fourth-order valence-corrected chi connectivity index (χ4v) is 3.52. The third-order valence-electron chi connectivity index (χ3n) is 4.70. The molecule has 2 aromatic heterocycles. The minimum absolute atomic E-state index is 0.130. The van der Waals surface area contributed by atoms with Crippen molar-refractivity contribution in [2.24, 2.45) is 0 Å². The molecule has 0 spiro atoms. The van der Waals surface area contributed by atoms with Crippen LogP contribution in [0.2, 0.25) is 0 Å². The van der Waals surface area contributed by atoms with E-state index in [1.165, 1.54) is 25.1 Å². The molecule has 132 valence electrons. The van der Waals surface area contributed by atoms with Gasteiger partial charge in [-0.25, -0.2) is 9.37 Å². The van der Waals surface area contributed by atoms with Gasteiger partial charge in [0.05, 0.1) is 17.6 Å². The molecule has 0 aliphatic carbocycles. The van der Waals surface area contributed by atoms with Crippen LogP contribution in [0.15, 0.2) is 24.5 Å². The number of nitrogens with one attached hydrogen (secondary N) is 2. The summed E-state index contributed by atoms with van der Waals surface area (Å²) in [7, 11) is 0. The van der Waals surface area contributed by atoms with Crippen molar-refractivity contribution >= 4 is 17.5 Å². The third-order valence-corrected chi connectivity index (χ3v) is 4.70. The van der Waals surface area contributed by atoms with Gasteiger partial charge in [0.25, 0.3) is 0 Å². The maximum absolute atomic E-state index is 13.9. The second-order valence-electron chi connectivity index (χ2n) is 6.53. The zero-order valence-electron chi connectivity index (χ0n) is 13.8. The molecule has 25 heavy (non-hydrogen) atoms. The molecule has 2 bridgehead atoms. The van der Waals surface area contributed by atoms with E-state index >= 15 is 0 Å². The van der Waals surface area contributed by atoms with Crippen molar-refractivity contribution in [2.45, 2.75) is 31.3 Å². The molecule has 2 aromatic rings. The molecule has 8 heteroatoms. The highest BCUT2D eigenvalue weighted by molar-refractivity contribution is 5.54. The fourth-order valence-electron chi connectivity index (χ4n) is 3.52. The molecule has 2 aliphatic heterocycles. The van der Waals surface area contributed by atoms with Crippen LogP contribution in [0.4, 0.5) is 21.8 Å². The van der Waals surface area contributed by atoms with E-state index in [4.69, 9.17) is 5.11 Å². The van der Waals surface area contributed by atoms with Crippen molar-refractivity contribution < 1.29 is 9.50 Å². The van der Waals surface area contributed by atoms with E-state index in [1.807, 2.05) is 6.07 Å². The molecule has 4 heterocycles. The molecule has 2 fully saturated rings. The van der Waals surface area contributed by atoms with Crippen LogP contribution in [-0.4, -0.2) is 51.8 Å². The smallest absolute Gasteiger partial charge is 0.229 e. The summed E-state index contributed by atoms with van der Waals surface area (Å²) in [6.07, 6.45) is 5.85. The zero-order valence-corrected chi connectivity index (χ0v) is 13.8. The number of nitrogens with zero attached hydrogens (tertiary/aromatic N) is 4. The van der Waals surface area contributed by atoms with Crippen LogP contribution in [0.1, 0.15) is 18.5 Å². The number of hydrogen-bond acceptors (Lipinski definition) is 7. The van der Waals surface area contributed by atoms with E-state index < -0.39 is 5.82 Å². The van der Waals surface area contributed by atoms with Crippen molar-refractivity contribution in [3.8, 4) is 0 Å². The fraction of sp³-hybridized carbons (Fsp3) is 0.471. The molecule has 7 nitrogen and oxygen atoms in total. The molecular formula is C17H21FN6O. The van der Waals surface area contributed by atoms with Gasteiger partial charge in [-0.3, -0.25) is 4.98 Å². The summed E-state index contributed by atoms with van der Waals surface area (Å²) in [4.78, 5) is 15.1.